The molecule has 1 aromatic heterocycles. The molecule has 0 aromatic carbocycles. The van der Waals surface area contributed by atoms with Crippen molar-refractivity contribution in [3.8, 4) is 0 Å². The van der Waals surface area contributed by atoms with E-state index in [9.17, 15) is 19.8 Å². The summed E-state index contributed by atoms with van der Waals surface area (Å²) in [6.45, 7) is 3.02. The molecule has 0 aliphatic carbocycles. The molecule has 137 valence electrons. The maximum atomic E-state index is 10.9. The summed E-state index contributed by atoms with van der Waals surface area (Å²) in [4.78, 5) is 32.0. The first-order valence-corrected chi connectivity index (χ1v) is 7.90. The summed E-state index contributed by atoms with van der Waals surface area (Å²) in [5.74, 6) is -2.22. The zero-order valence-electron chi connectivity index (χ0n) is 14.2. The maximum absolute atomic E-state index is 10.9. The van der Waals surface area contributed by atoms with E-state index in [0.717, 1.165) is 11.4 Å². The third kappa shape index (κ3) is 7.94. The molecule has 0 atom stereocenters. The maximum Gasteiger partial charge on any atom is 2.00 e. The molecule has 0 saturated carbocycles. The number of rotatable bonds is 4. The monoisotopic (exact) mass is 389 g/mol. The Hall–Kier alpha value is -1.51. The van der Waals surface area contributed by atoms with Crippen LogP contribution in [0.5, 0.6) is 0 Å². The van der Waals surface area contributed by atoms with Crippen LogP contribution >= 0.6 is 0 Å². The second-order valence-electron chi connectivity index (χ2n) is 6.09. The second kappa shape index (κ2) is 10.5. The first-order chi connectivity index (χ1) is 11.4. The zero-order valence-corrected chi connectivity index (χ0v) is 15.4. The number of carboxylic acid groups (broad SMARTS) is 2. The molecule has 0 spiro atoms. The summed E-state index contributed by atoms with van der Waals surface area (Å²) in [5, 5.41) is 21.9. The van der Waals surface area contributed by atoms with Gasteiger partial charge in [0.15, 0.2) is 0 Å². The number of aromatic nitrogens is 1. The van der Waals surface area contributed by atoms with E-state index in [2.05, 4.69) is 4.98 Å². The molecule has 0 saturated heterocycles. The van der Waals surface area contributed by atoms with Crippen molar-refractivity contribution in [2.24, 2.45) is 0 Å². The van der Waals surface area contributed by atoms with Gasteiger partial charge in [0.25, 0.3) is 0 Å². The van der Waals surface area contributed by atoms with E-state index in [0.29, 0.717) is 39.3 Å². The molecule has 0 fully saturated rings. The van der Waals surface area contributed by atoms with Crippen LogP contribution < -0.4 is 10.2 Å². The average Bonchev–Trinajstić information content (AvgIpc) is 2.49. The van der Waals surface area contributed by atoms with Crippen LogP contribution in [0.2, 0.25) is 0 Å². The fourth-order valence-electron chi connectivity index (χ4n) is 2.69. The number of aliphatic carboxylic acids is 2. The Morgan fingerprint density at radius 3 is 1.80 bits per heavy atom. The molecule has 0 N–H and O–H groups in total. The van der Waals surface area contributed by atoms with Gasteiger partial charge in [0.2, 0.25) is 0 Å². The van der Waals surface area contributed by atoms with Crippen LogP contribution in [0.25, 0.3) is 0 Å². The third-order valence-electron chi connectivity index (χ3n) is 3.94. The van der Waals surface area contributed by atoms with Crippen molar-refractivity contribution in [1.82, 2.24) is 19.7 Å². The smallest absolute Gasteiger partial charge is 0.549 e. The Morgan fingerprint density at radius 1 is 0.960 bits per heavy atom. The molecule has 2 rings (SSSR count). The second-order valence-corrected chi connectivity index (χ2v) is 6.09. The van der Waals surface area contributed by atoms with Gasteiger partial charge < -0.3 is 24.7 Å². The Labute approximate surface area is 157 Å². The van der Waals surface area contributed by atoms with Gasteiger partial charge in [-0.1, -0.05) is 6.07 Å². The molecule has 1 radical (unpaired) electrons. The van der Waals surface area contributed by atoms with Gasteiger partial charge in [0.1, 0.15) is 0 Å². The van der Waals surface area contributed by atoms with Crippen LogP contribution in [0.3, 0.4) is 0 Å². The summed E-state index contributed by atoms with van der Waals surface area (Å²) in [7, 11) is 1.93. The zero-order chi connectivity index (χ0) is 17.5. The van der Waals surface area contributed by atoms with Crippen LogP contribution in [0.15, 0.2) is 18.2 Å². The van der Waals surface area contributed by atoms with E-state index in [1.807, 2.05) is 30.1 Å². The van der Waals surface area contributed by atoms with Crippen LogP contribution in [0.4, 0.5) is 0 Å². The van der Waals surface area contributed by atoms with Gasteiger partial charge in [-0.25, -0.2) is 0 Å². The van der Waals surface area contributed by atoms with E-state index < -0.39 is 11.9 Å². The van der Waals surface area contributed by atoms with Gasteiger partial charge in [-0.2, -0.15) is 0 Å². The summed E-state index contributed by atoms with van der Waals surface area (Å²) >= 11 is 0. The van der Waals surface area contributed by atoms with E-state index in [1.165, 1.54) is 0 Å². The summed E-state index contributed by atoms with van der Waals surface area (Å²) < 4.78 is 0. The Balaban J connectivity index is 0.00000312. The number of nitrogens with zero attached hydrogens (tertiary/aromatic N) is 4. The van der Waals surface area contributed by atoms with Crippen molar-refractivity contribution < 1.29 is 36.9 Å². The van der Waals surface area contributed by atoms with Crippen molar-refractivity contribution in [3.63, 3.8) is 0 Å². The van der Waals surface area contributed by atoms with Crippen LogP contribution in [-0.2, 0) is 39.7 Å². The van der Waals surface area contributed by atoms with E-state index >= 15 is 0 Å². The van der Waals surface area contributed by atoms with Gasteiger partial charge in [-0.3, -0.25) is 14.8 Å². The van der Waals surface area contributed by atoms with Gasteiger partial charge >= 0.3 is 17.1 Å². The predicted octanol–water partition coefficient (Wildman–Crippen LogP) is -2.87. The van der Waals surface area contributed by atoms with Gasteiger partial charge in [-0.05, 0) is 19.2 Å². The van der Waals surface area contributed by atoms with Crippen LogP contribution in [0, 0.1) is 0 Å². The van der Waals surface area contributed by atoms with Gasteiger partial charge in [0, 0.05) is 52.4 Å². The molecule has 1 aliphatic rings. The predicted molar refractivity (Wildman–Crippen MR) is 82.3 cm³/mol. The Bertz CT molecular complexity index is 542. The fourth-order valence-corrected chi connectivity index (χ4v) is 2.69. The van der Waals surface area contributed by atoms with Crippen molar-refractivity contribution in [2.45, 2.75) is 13.1 Å². The molecule has 25 heavy (non-hydrogen) atoms. The summed E-state index contributed by atoms with van der Waals surface area (Å²) in [6, 6.07) is 5.53. The molecule has 2 heterocycles. The molecule has 9 heteroatoms. The Morgan fingerprint density at radius 2 is 1.40 bits per heavy atom. The standard InChI is InChI=1S/C16H24N4O4.Mn/c1-18-5-7-19(11-15(21)22)9-13-3-2-4-14(17-13)10-20(8-6-18)12-16(23)24;/h2-4H,5-12H2,1H3,(H,21,22)(H,23,24);/q;+2/p-2. The first kappa shape index (κ1) is 21.5. The number of carboxylic acids is 2. The minimum Gasteiger partial charge on any atom is -0.549 e. The minimum absolute atomic E-state index is 0. The number of pyridine rings is 1. The molecule has 8 nitrogen and oxygen atoms in total. The molecule has 0 unspecified atom stereocenters. The molecule has 1 aromatic rings. The number of carbonyl (C=O) groups excluding carboxylic acids is 2. The minimum atomic E-state index is -1.11. The van der Waals surface area contributed by atoms with E-state index in [-0.39, 0.29) is 30.2 Å². The molecular weight excluding hydrogens is 367 g/mol. The van der Waals surface area contributed by atoms with Crippen molar-refractivity contribution in [3.05, 3.63) is 29.6 Å². The normalized spacial score (nSPS) is 17.8. The largest absolute Gasteiger partial charge is 2.00 e. The topological polar surface area (TPSA) is 103 Å². The summed E-state index contributed by atoms with van der Waals surface area (Å²) in [5.41, 5.74) is 1.51. The first-order valence-electron chi connectivity index (χ1n) is 7.90. The molecule has 1 aliphatic heterocycles. The SMILES string of the molecule is CN1CCN(CC(=O)[O-])Cc2cccc(n2)CN(CC(=O)[O-])CC1.[Mn+2]. The number of hydrogen-bond acceptors (Lipinski definition) is 8. The number of carbonyl (C=O) groups is 2. The number of likely N-dealkylation sites (N-methyl/N-ethyl adjacent to an activating group) is 1. The Kier molecular flexibility index (Phi) is 9.02. The summed E-state index contributed by atoms with van der Waals surface area (Å²) in [6.07, 6.45) is 0. The number of hydrogen-bond donors (Lipinski definition) is 0. The quantitative estimate of drug-likeness (QED) is 0.507. The molecule has 0 amide bonds. The van der Waals surface area contributed by atoms with Gasteiger partial charge in [0.05, 0.1) is 23.3 Å². The van der Waals surface area contributed by atoms with E-state index in [1.54, 1.807) is 9.80 Å². The van der Waals surface area contributed by atoms with Crippen LogP contribution in [0.1, 0.15) is 11.4 Å². The number of fused-ring (bicyclic) bond motifs is 2. The van der Waals surface area contributed by atoms with Crippen molar-refractivity contribution >= 4 is 11.9 Å². The third-order valence-corrected chi connectivity index (χ3v) is 3.94. The molecule has 2 bridgehead atoms. The van der Waals surface area contributed by atoms with Crippen LogP contribution in [-0.4, -0.2) is 77.9 Å². The van der Waals surface area contributed by atoms with E-state index in [4.69, 9.17) is 0 Å². The van der Waals surface area contributed by atoms with Crippen molar-refractivity contribution in [1.29, 1.82) is 0 Å². The fraction of sp³-hybridized carbons (Fsp3) is 0.562. The van der Waals surface area contributed by atoms with Crippen molar-refractivity contribution in [2.75, 3.05) is 46.3 Å². The average molecular weight is 389 g/mol. The van der Waals surface area contributed by atoms with Gasteiger partial charge in [-0.15, -0.1) is 0 Å². The molecular formula is C16H22MnN4O4.